The fourth-order valence-corrected chi connectivity index (χ4v) is 1.64. The molecule has 0 atom stereocenters. The molecule has 0 aliphatic rings. The third-order valence-electron chi connectivity index (χ3n) is 2.52. The van der Waals surface area contributed by atoms with Gasteiger partial charge in [-0.3, -0.25) is 0 Å². The van der Waals surface area contributed by atoms with Crippen molar-refractivity contribution in [3.05, 3.63) is 42.1 Å². The predicted octanol–water partition coefficient (Wildman–Crippen LogP) is 2.34. The van der Waals surface area contributed by atoms with Crippen molar-refractivity contribution < 1.29 is 4.42 Å². The Labute approximate surface area is 103 Å². The number of nitrogens with zero attached hydrogens (tertiary/aromatic N) is 3. The van der Waals surface area contributed by atoms with Crippen LogP contribution in [0.2, 0.25) is 0 Å². The normalized spacial score (nSPS) is 10.4. The van der Waals surface area contributed by atoms with Crippen LogP contribution in [0.15, 0.2) is 40.9 Å². The number of hydrogen-bond donors (Lipinski definition) is 1. The lowest BCUT2D eigenvalue weighted by Crippen LogP contribution is -1.84. The molecule has 0 saturated heterocycles. The molecule has 86 valence electrons. The van der Waals surface area contributed by atoms with E-state index in [4.69, 9.17) is 15.4 Å². The number of benzene rings is 1. The highest BCUT2D eigenvalue weighted by Gasteiger charge is 2.09. The standard InChI is InChI=1S/C13H8N4O/c14-6-8-1-3-10(16-7-8)13-17-11-5-9(15)2-4-12(11)18-13/h1-5,7H,15H2. The Morgan fingerprint density at radius 3 is 2.83 bits per heavy atom. The molecule has 2 heterocycles. The molecule has 5 nitrogen and oxygen atoms in total. The maximum absolute atomic E-state index is 8.70. The first-order valence-corrected chi connectivity index (χ1v) is 5.29. The largest absolute Gasteiger partial charge is 0.435 e. The van der Waals surface area contributed by atoms with Crippen molar-refractivity contribution in [3.8, 4) is 17.7 Å². The minimum Gasteiger partial charge on any atom is -0.435 e. The van der Waals surface area contributed by atoms with E-state index in [0.717, 1.165) is 0 Å². The number of aromatic nitrogens is 2. The van der Waals surface area contributed by atoms with Crippen molar-refractivity contribution in [3.63, 3.8) is 0 Å². The van der Waals surface area contributed by atoms with Gasteiger partial charge in [-0.15, -0.1) is 0 Å². The van der Waals surface area contributed by atoms with Crippen LogP contribution in [0.25, 0.3) is 22.7 Å². The minimum atomic E-state index is 0.417. The Balaban J connectivity index is 2.10. The number of anilines is 1. The molecular formula is C13H8N4O. The van der Waals surface area contributed by atoms with Crippen LogP contribution in [0, 0.1) is 11.3 Å². The molecule has 0 unspecified atom stereocenters. The molecule has 5 heteroatoms. The summed E-state index contributed by atoms with van der Waals surface area (Å²) in [6, 6.07) is 10.6. The Morgan fingerprint density at radius 2 is 2.11 bits per heavy atom. The highest BCUT2D eigenvalue weighted by molar-refractivity contribution is 5.79. The van der Waals surface area contributed by atoms with Gasteiger partial charge in [0.05, 0.1) is 5.56 Å². The van der Waals surface area contributed by atoms with Crippen molar-refractivity contribution in [1.82, 2.24) is 9.97 Å². The van der Waals surface area contributed by atoms with Crippen LogP contribution >= 0.6 is 0 Å². The molecule has 0 fully saturated rings. The Morgan fingerprint density at radius 1 is 1.22 bits per heavy atom. The van der Waals surface area contributed by atoms with E-state index in [-0.39, 0.29) is 0 Å². The Kier molecular flexibility index (Phi) is 2.21. The summed E-state index contributed by atoms with van der Waals surface area (Å²) in [5.74, 6) is 0.417. The van der Waals surface area contributed by atoms with E-state index in [1.807, 2.05) is 6.07 Å². The fourth-order valence-electron chi connectivity index (χ4n) is 1.64. The van der Waals surface area contributed by atoms with E-state index < -0.39 is 0 Å². The average molecular weight is 236 g/mol. The third kappa shape index (κ3) is 1.66. The third-order valence-corrected chi connectivity index (χ3v) is 2.52. The van der Waals surface area contributed by atoms with E-state index in [0.29, 0.717) is 33.9 Å². The number of pyridine rings is 1. The minimum absolute atomic E-state index is 0.417. The van der Waals surface area contributed by atoms with Crippen LogP contribution in [-0.2, 0) is 0 Å². The van der Waals surface area contributed by atoms with E-state index in [2.05, 4.69) is 9.97 Å². The van der Waals surface area contributed by atoms with E-state index in [9.17, 15) is 0 Å². The number of hydrogen-bond acceptors (Lipinski definition) is 5. The highest BCUT2D eigenvalue weighted by atomic mass is 16.3. The van der Waals surface area contributed by atoms with Crippen molar-refractivity contribution in [1.29, 1.82) is 5.26 Å². The summed E-state index contributed by atoms with van der Waals surface area (Å²) in [5, 5.41) is 8.70. The lowest BCUT2D eigenvalue weighted by Gasteiger charge is -1.93. The first-order chi connectivity index (χ1) is 8.76. The van der Waals surface area contributed by atoms with Crippen molar-refractivity contribution in [2.75, 3.05) is 5.73 Å². The lowest BCUT2D eigenvalue weighted by atomic mass is 10.3. The highest BCUT2D eigenvalue weighted by Crippen LogP contribution is 2.24. The van der Waals surface area contributed by atoms with Gasteiger partial charge < -0.3 is 10.2 Å². The molecule has 0 bridgehead atoms. The number of rotatable bonds is 1. The number of fused-ring (bicyclic) bond motifs is 1. The molecule has 0 saturated carbocycles. The van der Waals surface area contributed by atoms with Crippen LogP contribution in [-0.4, -0.2) is 9.97 Å². The molecule has 2 aromatic heterocycles. The fraction of sp³-hybridized carbons (Fsp3) is 0. The number of nitrogen functional groups attached to an aromatic ring is 1. The van der Waals surface area contributed by atoms with E-state index >= 15 is 0 Å². The van der Waals surface area contributed by atoms with Crippen LogP contribution in [0.3, 0.4) is 0 Å². The van der Waals surface area contributed by atoms with Gasteiger partial charge in [-0.05, 0) is 30.3 Å². The van der Waals surface area contributed by atoms with Crippen molar-refractivity contribution in [2.45, 2.75) is 0 Å². The van der Waals surface area contributed by atoms with E-state index in [1.54, 1.807) is 30.3 Å². The summed E-state index contributed by atoms with van der Waals surface area (Å²) in [6.07, 6.45) is 1.48. The van der Waals surface area contributed by atoms with Crippen LogP contribution < -0.4 is 5.73 Å². The lowest BCUT2D eigenvalue weighted by molar-refractivity contribution is 0.617. The summed E-state index contributed by atoms with van der Waals surface area (Å²) >= 11 is 0. The van der Waals surface area contributed by atoms with Crippen LogP contribution in [0.4, 0.5) is 5.69 Å². The Bertz CT molecular complexity index is 753. The molecule has 3 aromatic rings. The van der Waals surface area contributed by atoms with Gasteiger partial charge in [-0.25, -0.2) is 9.97 Å². The molecule has 1 aromatic carbocycles. The summed E-state index contributed by atoms with van der Waals surface area (Å²) in [5.41, 5.74) is 8.75. The zero-order valence-electron chi connectivity index (χ0n) is 9.29. The summed E-state index contributed by atoms with van der Waals surface area (Å²) < 4.78 is 5.57. The molecule has 0 aliphatic heterocycles. The van der Waals surface area contributed by atoms with Gasteiger partial charge in [0.2, 0.25) is 5.89 Å². The molecule has 3 rings (SSSR count). The summed E-state index contributed by atoms with van der Waals surface area (Å²) in [7, 11) is 0. The number of nitriles is 1. The summed E-state index contributed by atoms with van der Waals surface area (Å²) in [4.78, 5) is 8.43. The second-order valence-electron chi connectivity index (χ2n) is 3.79. The van der Waals surface area contributed by atoms with Gasteiger partial charge in [-0.1, -0.05) is 0 Å². The molecule has 2 N–H and O–H groups in total. The Hall–Kier alpha value is -2.87. The van der Waals surface area contributed by atoms with Gasteiger partial charge in [0.25, 0.3) is 0 Å². The monoisotopic (exact) mass is 236 g/mol. The van der Waals surface area contributed by atoms with Gasteiger partial charge >= 0.3 is 0 Å². The van der Waals surface area contributed by atoms with Crippen LogP contribution in [0.5, 0.6) is 0 Å². The zero-order valence-corrected chi connectivity index (χ0v) is 9.29. The summed E-state index contributed by atoms with van der Waals surface area (Å²) in [6.45, 7) is 0. The molecule has 0 spiro atoms. The second kappa shape index (κ2) is 3.86. The van der Waals surface area contributed by atoms with Gasteiger partial charge in [-0.2, -0.15) is 5.26 Å². The molecule has 18 heavy (non-hydrogen) atoms. The maximum Gasteiger partial charge on any atom is 0.246 e. The van der Waals surface area contributed by atoms with Crippen LogP contribution in [0.1, 0.15) is 5.56 Å². The molecule has 0 amide bonds. The first-order valence-electron chi connectivity index (χ1n) is 5.29. The molecular weight excluding hydrogens is 228 g/mol. The predicted molar refractivity (Wildman–Crippen MR) is 66.4 cm³/mol. The van der Waals surface area contributed by atoms with Crippen molar-refractivity contribution >= 4 is 16.8 Å². The maximum atomic E-state index is 8.70. The smallest absolute Gasteiger partial charge is 0.246 e. The van der Waals surface area contributed by atoms with Gasteiger partial charge in [0.15, 0.2) is 5.58 Å². The molecule has 0 aliphatic carbocycles. The van der Waals surface area contributed by atoms with E-state index in [1.165, 1.54) is 6.20 Å². The quantitative estimate of drug-likeness (QED) is 0.655. The molecule has 0 radical (unpaired) electrons. The first kappa shape index (κ1) is 10.3. The number of nitrogens with two attached hydrogens (primary N) is 1. The number of oxazole rings is 1. The zero-order chi connectivity index (χ0) is 12.5. The average Bonchev–Trinajstić information content (AvgIpc) is 2.81. The van der Waals surface area contributed by atoms with Gasteiger partial charge in [0, 0.05) is 11.9 Å². The topological polar surface area (TPSA) is 88.7 Å². The second-order valence-corrected chi connectivity index (χ2v) is 3.79. The van der Waals surface area contributed by atoms with Crippen molar-refractivity contribution in [2.24, 2.45) is 0 Å². The van der Waals surface area contributed by atoms with Gasteiger partial charge in [0.1, 0.15) is 17.3 Å². The SMILES string of the molecule is N#Cc1ccc(-c2nc3cc(N)ccc3o2)nc1.